The van der Waals surface area contributed by atoms with Gasteiger partial charge in [-0.3, -0.25) is 0 Å². The van der Waals surface area contributed by atoms with Crippen molar-refractivity contribution in [1.82, 2.24) is 20.2 Å². The summed E-state index contributed by atoms with van der Waals surface area (Å²) < 4.78 is 10.7. The predicted molar refractivity (Wildman–Crippen MR) is 79.7 cm³/mol. The second-order valence-corrected chi connectivity index (χ2v) is 5.14. The van der Waals surface area contributed by atoms with Crippen LogP contribution in [0.4, 0.5) is 0 Å². The molecule has 6 nitrogen and oxygen atoms in total. The van der Waals surface area contributed by atoms with E-state index in [-0.39, 0.29) is 6.79 Å². The third-order valence-electron chi connectivity index (χ3n) is 3.66. The summed E-state index contributed by atoms with van der Waals surface area (Å²) in [6, 6.07) is 13.8. The Morgan fingerprint density at radius 1 is 1.09 bits per heavy atom. The molecule has 1 aliphatic rings. The lowest BCUT2D eigenvalue weighted by Crippen LogP contribution is -2.05. The Morgan fingerprint density at radius 3 is 2.86 bits per heavy atom. The minimum atomic E-state index is 0.256. The molecule has 0 saturated carbocycles. The third-order valence-corrected chi connectivity index (χ3v) is 3.66. The van der Waals surface area contributed by atoms with E-state index < -0.39 is 0 Å². The second-order valence-electron chi connectivity index (χ2n) is 5.14. The monoisotopic (exact) mass is 294 g/mol. The van der Waals surface area contributed by atoms with Crippen LogP contribution >= 0.6 is 0 Å². The standard InChI is InChI=1S/C16H14N4O2/c1-11-4-2-3-5-13(11)9-20-18-16(17-19-20)12-6-7-14-15(8-12)22-10-21-14/h2-8H,9-10H2,1H3. The highest BCUT2D eigenvalue weighted by molar-refractivity contribution is 5.60. The van der Waals surface area contributed by atoms with E-state index in [4.69, 9.17) is 9.47 Å². The first-order valence-electron chi connectivity index (χ1n) is 7.02. The van der Waals surface area contributed by atoms with Gasteiger partial charge in [-0.2, -0.15) is 4.80 Å². The molecule has 1 aliphatic heterocycles. The number of rotatable bonds is 3. The number of hydrogen-bond acceptors (Lipinski definition) is 5. The molecule has 0 fully saturated rings. The van der Waals surface area contributed by atoms with E-state index in [1.165, 1.54) is 11.1 Å². The highest BCUT2D eigenvalue weighted by Crippen LogP contribution is 2.34. The number of aryl methyl sites for hydroxylation is 1. The van der Waals surface area contributed by atoms with Crippen molar-refractivity contribution in [3.05, 3.63) is 53.6 Å². The smallest absolute Gasteiger partial charge is 0.231 e. The number of benzene rings is 2. The molecule has 0 N–H and O–H groups in total. The van der Waals surface area contributed by atoms with Gasteiger partial charge in [0.2, 0.25) is 12.6 Å². The lowest BCUT2D eigenvalue weighted by Gasteiger charge is -2.03. The van der Waals surface area contributed by atoms with Crippen molar-refractivity contribution < 1.29 is 9.47 Å². The van der Waals surface area contributed by atoms with Gasteiger partial charge in [0.25, 0.3) is 0 Å². The van der Waals surface area contributed by atoms with E-state index >= 15 is 0 Å². The summed E-state index contributed by atoms with van der Waals surface area (Å²) in [5, 5.41) is 12.7. The zero-order chi connectivity index (χ0) is 14.9. The molecule has 22 heavy (non-hydrogen) atoms. The van der Waals surface area contributed by atoms with Crippen molar-refractivity contribution in [2.24, 2.45) is 0 Å². The number of ether oxygens (including phenoxy) is 2. The summed E-state index contributed by atoms with van der Waals surface area (Å²) in [6.45, 7) is 2.93. The van der Waals surface area contributed by atoms with Gasteiger partial charge in [-0.1, -0.05) is 24.3 Å². The molecule has 110 valence electrons. The highest BCUT2D eigenvalue weighted by Gasteiger charge is 2.16. The first kappa shape index (κ1) is 12.8. The van der Waals surface area contributed by atoms with Crippen LogP contribution in [0.3, 0.4) is 0 Å². The van der Waals surface area contributed by atoms with Gasteiger partial charge < -0.3 is 9.47 Å². The van der Waals surface area contributed by atoms with Gasteiger partial charge in [-0.25, -0.2) is 0 Å². The lowest BCUT2D eigenvalue weighted by molar-refractivity contribution is 0.174. The molecule has 0 saturated heterocycles. The molecule has 0 radical (unpaired) electrons. The van der Waals surface area contributed by atoms with Crippen LogP contribution in [0, 0.1) is 6.92 Å². The molecule has 2 aromatic carbocycles. The molecule has 6 heteroatoms. The Labute approximate surface area is 127 Å². The van der Waals surface area contributed by atoms with Crippen molar-refractivity contribution in [3.8, 4) is 22.9 Å². The maximum Gasteiger partial charge on any atom is 0.231 e. The van der Waals surface area contributed by atoms with Gasteiger partial charge in [0.05, 0.1) is 6.54 Å². The van der Waals surface area contributed by atoms with Gasteiger partial charge in [0.1, 0.15) is 0 Å². The maximum absolute atomic E-state index is 5.37. The Morgan fingerprint density at radius 2 is 1.95 bits per heavy atom. The lowest BCUT2D eigenvalue weighted by atomic mass is 10.1. The molecule has 0 amide bonds. The van der Waals surface area contributed by atoms with Crippen LogP contribution in [-0.2, 0) is 6.54 Å². The van der Waals surface area contributed by atoms with Crippen molar-refractivity contribution >= 4 is 0 Å². The van der Waals surface area contributed by atoms with Gasteiger partial charge in [0.15, 0.2) is 11.5 Å². The van der Waals surface area contributed by atoms with Crippen molar-refractivity contribution in [2.45, 2.75) is 13.5 Å². The number of aromatic nitrogens is 4. The number of fused-ring (bicyclic) bond motifs is 1. The maximum atomic E-state index is 5.37. The summed E-state index contributed by atoms with van der Waals surface area (Å²) in [7, 11) is 0. The van der Waals surface area contributed by atoms with Crippen LogP contribution < -0.4 is 9.47 Å². The van der Waals surface area contributed by atoms with Gasteiger partial charge in [0, 0.05) is 5.56 Å². The average Bonchev–Trinajstić information content (AvgIpc) is 3.17. The van der Waals surface area contributed by atoms with E-state index in [0.717, 1.165) is 11.3 Å². The van der Waals surface area contributed by atoms with E-state index in [1.54, 1.807) is 4.80 Å². The molecule has 0 spiro atoms. The largest absolute Gasteiger partial charge is 0.454 e. The Balaban J connectivity index is 1.60. The van der Waals surface area contributed by atoms with Crippen LogP contribution in [0.2, 0.25) is 0 Å². The van der Waals surface area contributed by atoms with Crippen LogP contribution in [-0.4, -0.2) is 27.0 Å². The number of tetrazole rings is 1. The second kappa shape index (κ2) is 5.14. The average molecular weight is 294 g/mol. The molecular weight excluding hydrogens is 280 g/mol. The Hall–Kier alpha value is -2.89. The number of hydrogen-bond donors (Lipinski definition) is 0. The fourth-order valence-corrected chi connectivity index (χ4v) is 2.40. The van der Waals surface area contributed by atoms with Gasteiger partial charge >= 0.3 is 0 Å². The quantitative estimate of drug-likeness (QED) is 0.742. The van der Waals surface area contributed by atoms with Crippen LogP contribution in [0.1, 0.15) is 11.1 Å². The van der Waals surface area contributed by atoms with E-state index in [1.807, 2.05) is 30.3 Å². The van der Waals surface area contributed by atoms with Crippen LogP contribution in [0.25, 0.3) is 11.4 Å². The van der Waals surface area contributed by atoms with E-state index in [2.05, 4.69) is 34.5 Å². The summed E-state index contributed by atoms with van der Waals surface area (Å²) in [4.78, 5) is 1.60. The minimum Gasteiger partial charge on any atom is -0.454 e. The first-order valence-corrected chi connectivity index (χ1v) is 7.02. The topological polar surface area (TPSA) is 62.1 Å². The fourth-order valence-electron chi connectivity index (χ4n) is 2.40. The normalized spacial score (nSPS) is 12.6. The Bertz CT molecular complexity index is 829. The first-order chi connectivity index (χ1) is 10.8. The minimum absolute atomic E-state index is 0.256. The third kappa shape index (κ3) is 2.28. The zero-order valence-electron chi connectivity index (χ0n) is 12.1. The van der Waals surface area contributed by atoms with Crippen LogP contribution in [0.5, 0.6) is 11.5 Å². The Kier molecular flexibility index (Phi) is 3.00. The summed E-state index contributed by atoms with van der Waals surface area (Å²) in [6.07, 6.45) is 0. The van der Waals surface area contributed by atoms with E-state index in [9.17, 15) is 0 Å². The molecule has 0 atom stereocenters. The van der Waals surface area contributed by atoms with Gasteiger partial charge in [-0.05, 0) is 41.5 Å². The summed E-state index contributed by atoms with van der Waals surface area (Å²) in [5.74, 6) is 2.04. The summed E-state index contributed by atoms with van der Waals surface area (Å²) >= 11 is 0. The molecule has 4 rings (SSSR count). The fraction of sp³-hybridized carbons (Fsp3) is 0.188. The molecule has 1 aromatic heterocycles. The molecule has 0 unspecified atom stereocenters. The van der Waals surface area contributed by atoms with Crippen LogP contribution in [0.15, 0.2) is 42.5 Å². The molecule has 3 aromatic rings. The summed E-state index contributed by atoms with van der Waals surface area (Å²) in [5.41, 5.74) is 3.25. The highest BCUT2D eigenvalue weighted by atomic mass is 16.7. The van der Waals surface area contributed by atoms with Crippen molar-refractivity contribution in [2.75, 3.05) is 6.79 Å². The van der Waals surface area contributed by atoms with Crippen molar-refractivity contribution in [3.63, 3.8) is 0 Å². The molecule has 0 bridgehead atoms. The SMILES string of the molecule is Cc1ccccc1Cn1nnc(-c2ccc3c(c2)OCO3)n1. The number of nitrogens with zero attached hydrogens (tertiary/aromatic N) is 4. The molecule has 2 heterocycles. The predicted octanol–water partition coefficient (Wildman–Crippen LogP) is 2.43. The molecule has 0 aliphatic carbocycles. The zero-order valence-corrected chi connectivity index (χ0v) is 12.1. The molecular formula is C16H14N4O2. The van der Waals surface area contributed by atoms with Crippen molar-refractivity contribution in [1.29, 1.82) is 0 Å². The van der Waals surface area contributed by atoms with Gasteiger partial charge in [-0.15, -0.1) is 10.2 Å². The van der Waals surface area contributed by atoms with E-state index in [0.29, 0.717) is 18.1 Å².